The molecule has 5 nitrogen and oxygen atoms in total. The number of carbonyl (C=O) groups is 1. The van der Waals surface area contributed by atoms with Gasteiger partial charge < -0.3 is 4.90 Å². The summed E-state index contributed by atoms with van der Waals surface area (Å²) >= 11 is 0. The highest BCUT2D eigenvalue weighted by Crippen LogP contribution is 2.27. The summed E-state index contributed by atoms with van der Waals surface area (Å²) in [5, 5.41) is 4.25. The molecule has 0 bridgehead atoms. The minimum atomic E-state index is -0.755. The van der Waals surface area contributed by atoms with Crippen LogP contribution >= 0.6 is 0 Å². The number of aromatic nitrogens is 2. The van der Waals surface area contributed by atoms with Gasteiger partial charge in [-0.15, -0.1) is 0 Å². The molecule has 0 atom stereocenters. The van der Waals surface area contributed by atoms with Crippen LogP contribution in [-0.4, -0.2) is 51.7 Å². The van der Waals surface area contributed by atoms with Crippen LogP contribution < -0.4 is 0 Å². The average molecular weight is 428 g/mol. The molecule has 0 radical (unpaired) electrons. The normalized spacial score (nSPS) is 15.2. The fourth-order valence-electron chi connectivity index (χ4n) is 3.88. The van der Waals surface area contributed by atoms with Crippen LogP contribution in [0, 0.1) is 17.5 Å². The van der Waals surface area contributed by atoms with Crippen molar-refractivity contribution in [1.29, 1.82) is 0 Å². The minimum Gasteiger partial charge on any atom is -0.337 e. The zero-order chi connectivity index (χ0) is 22.0. The third-order valence-electron chi connectivity index (χ3n) is 5.44. The van der Waals surface area contributed by atoms with E-state index in [4.69, 9.17) is 0 Å². The number of hydrogen-bond donors (Lipinski definition) is 0. The van der Waals surface area contributed by atoms with Crippen molar-refractivity contribution in [2.75, 3.05) is 26.2 Å². The van der Waals surface area contributed by atoms with Gasteiger partial charge in [0.15, 0.2) is 0 Å². The van der Waals surface area contributed by atoms with Crippen molar-refractivity contribution in [1.82, 2.24) is 19.6 Å². The summed E-state index contributed by atoms with van der Waals surface area (Å²) in [4.78, 5) is 17.2. The lowest BCUT2D eigenvalue weighted by Gasteiger charge is -2.22. The Kier molecular flexibility index (Phi) is 6.08. The first kappa shape index (κ1) is 21.1. The number of hydrogen-bond acceptors (Lipinski definition) is 3. The zero-order valence-corrected chi connectivity index (χ0v) is 17.2. The Bertz CT molecular complexity index is 1080. The van der Waals surface area contributed by atoms with E-state index in [-0.39, 0.29) is 23.0 Å². The van der Waals surface area contributed by atoms with E-state index >= 15 is 0 Å². The summed E-state index contributed by atoms with van der Waals surface area (Å²) in [6.07, 6.45) is 2.36. The first-order valence-corrected chi connectivity index (χ1v) is 10.2. The molecule has 8 heteroatoms. The molecule has 31 heavy (non-hydrogen) atoms. The van der Waals surface area contributed by atoms with Gasteiger partial charge in [0, 0.05) is 57.6 Å². The summed E-state index contributed by atoms with van der Waals surface area (Å²) in [7, 11) is 1.66. The molecule has 1 aromatic heterocycles. The lowest BCUT2D eigenvalue weighted by atomic mass is 10.1. The number of carbonyl (C=O) groups excluding carboxylic acids is 1. The third-order valence-corrected chi connectivity index (χ3v) is 5.44. The standard InChI is InChI=1S/C23H23F3N4O/c1-28-15-20(22(27-28)19-8-7-18(25)13-21(19)26)23(31)30-10-2-9-29(11-12-30)14-16-3-5-17(24)6-4-16/h3-8,13,15H,2,9-12,14H2,1H3. The number of amides is 1. The summed E-state index contributed by atoms with van der Waals surface area (Å²) in [5.41, 5.74) is 1.61. The first-order valence-electron chi connectivity index (χ1n) is 10.2. The average Bonchev–Trinajstić information content (AvgIpc) is 2.97. The second-order valence-electron chi connectivity index (χ2n) is 7.74. The van der Waals surface area contributed by atoms with Crippen LogP contribution in [0.3, 0.4) is 0 Å². The number of aryl methyl sites for hydroxylation is 1. The van der Waals surface area contributed by atoms with Gasteiger partial charge in [-0.2, -0.15) is 5.10 Å². The van der Waals surface area contributed by atoms with Crippen molar-refractivity contribution in [2.45, 2.75) is 13.0 Å². The van der Waals surface area contributed by atoms with E-state index in [0.29, 0.717) is 31.7 Å². The molecule has 1 aliphatic rings. The minimum absolute atomic E-state index is 0.0955. The lowest BCUT2D eigenvalue weighted by Crippen LogP contribution is -2.35. The number of benzene rings is 2. The van der Waals surface area contributed by atoms with Gasteiger partial charge in [-0.1, -0.05) is 12.1 Å². The van der Waals surface area contributed by atoms with E-state index < -0.39 is 11.6 Å². The van der Waals surface area contributed by atoms with Crippen LogP contribution in [0.4, 0.5) is 13.2 Å². The van der Waals surface area contributed by atoms with Crippen LogP contribution in [0.1, 0.15) is 22.3 Å². The Morgan fingerprint density at radius 1 is 0.968 bits per heavy atom. The molecule has 162 valence electrons. The molecule has 0 saturated carbocycles. The number of halogens is 3. The second kappa shape index (κ2) is 8.93. The smallest absolute Gasteiger partial charge is 0.257 e. The van der Waals surface area contributed by atoms with Gasteiger partial charge in [0.1, 0.15) is 23.1 Å². The van der Waals surface area contributed by atoms with Gasteiger partial charge >= 0.3 is 0 Å². The zero-order valence-electron chi connectivity index (χ0n) is 17.2. The molecule has 1 amide bonds. The summed E-state index contributed by atoms with van der Waals surface area (Å²) in [5.74, 6) is -1.93. The molecule has 2 aromatic carbocycles. The molecule has 1 aliphatic heterocycles. The first-order chi connectivity index (χ1) is 14.9. The van der Waals surface area contributed by atoms with Gasteiger partial charge in [-0.3, -0.25) is 14.4 Å². The Hall–Kier alpha value is -3.13. The van der Waals surface area contributed by atoms with Crippen LogP contribution in [0.15, 0.2) is 48.7 Å². The Labute approximate surface area is 178 Å². The highest BCUT2D eigenvalue weighted by atomic mass is 19.1. The van der Waals surface area contributed by atoms with E-state index in [1.54, 1.807) is 30.3 Å². The number of nitrogens with zero attached hydrogens (tertiary/aromatic N) is 4. The quantitative estimate of drug-likeness (QED) is 0.634. The second-order valence-corrected chi connectivity index (χ2v) is 7.74. The maximum Gasteiger partial charge on any atom is 0.257 e. The Balaban J connectivity index is 1.49. The SMILES string of the molecule is Cn1cc(C(=O)N2CCCN(Cc3ccc(F)cc3)CC2)c(-c2ccc(F)cc2F)n1. The molecular formula is C23H23F3N4O. The van der Waals surface area contributed by atoms with Crippen molar-refractivity contribution in [3.8, 4) is 11.3 Å². The van der Waals surface area contributed by atoms with Crippen molar-refractivity contribution in [3.05, 3.63) is 77.2 Å². The van der Waals surface area contributed by atoms with E-state index in [1.807, 2.05) is 0 Å². The van der Waals surface area contributed by atoms with Gasteiger partial charge in [0.2, 0.25) is 0 Å². The molecule has 0 aliphatic carbocycles. The van der Waals surface area contributed by atoms with Crippen LogP contribution in [0.25, 0.3) is 11.3 Å². The van der Waals surface area contributed by atoms with Gasteiger partial charge in [0.25, 0.3) is 5.91 Å². The van der Waals surface area contributed by atoms with Crippen LogP contribution in [0.2, 0.25) is 0 Å². The maximum atomic E-state index is 14.3. The van der Waals surface area contributed by atoms with E-state index in [1.165, 1.54) is 22.9 Å². The molecule has 0 spiro atoms. The Morgan fingerprint density at radius 2 is 1.71 bits per heavy atom. The molecule has 4 rings (SSSR count). The highest BCUT2D eigenvalue weighted by molar-refractivity contribution is 5.99. The van der Waals surface area contributed by atoms with Gasteiger partial charge in [-0.25, -0.2) is 13.2 Å². The maximum absolute atomic E-state index is 14.3. The molecule has 3 aromatic rings. The van der Waals surface area contributed by atoms with E-state index in [0.717, 1.165) is 30.7 Å². The van der Waals surface area contributed by atoms with E-state index in [2.05, 4.69) is 10.00 Å². The van der Waals surface area contributed by atoms with Crippen molar-refractivity contribution in [3.63, 3.8) is 0 Å². The predicted octanol–water partition coefficient (Wildman–Crippen LogP) is 3.85. The summed E-state index contributed by atoms with van der Waals surface area (Å²) in [6.45, 7) is 3.25. The Morgan fingerprint density at radius 3 is 2.45 bits per heavy atom. The molecular weight excluding hydrogens is 405 g/mol. The fraction of sp³-hybridized carbons (Fsp3) is 0.304. The van der Waals surface area contributed by atoms with Crippen LogP contribution in [-0.2, 0) is 13.6 Å². The van der Waals surface area contributed by atoms with Crippen molar-refractivity contribution >= 4 is 5.91 Å². The van der Waals surface area contributed by atoms with Gasteiger partial charge in [-0.05, 0) is 36.2 Å². The number of rotatable bonds is 4. The molecule has 1 fully saturated rings. The fourth-order valence-corrected chi connectivity index (χ4v) is 3.88. The highest BCUT2D eigenvalue weighted by Gasteiger charge is 2.26. The topological polar surface area (TPSA) is 41.4 Å². The van der Waals surface area contributed by atoms with Gasteiger partial charge in [0.05, 0.1) is 5.56 Å². The predicted molar refractivity (Wildman–Crippen MR) is 111 cm³/mol. The van der Waals surface area contributed by atoms with Crippen molar-refractivity contribution in [2.24, 2.45) is 7.05 Å². The monoisotopic (exact) mass is 428 g/mol. The van der Waals surface area contributed by atoms with E-state index in [9.17, 15) is 18.0 Å². The van der Waals surface area contributed by atoms with Crippen LogP contribution in [0.5, 0.6) is 0 Å². The summed E-state index contributed by atoms with van der Waals surface area (Å²) in [6, 6.07) is 9.67. The molecule has 0 N–H and O–H groups in total. The summed E-state index contributed by atoms with van der Waals surface area (Å²) < 4.78 is 42.2. The lowest BCUT2D eigenvalue weighted by molar-refractivity contribution is 0.0761. The van der Waals surface area contributed by atoms with Crippen molar-refractivity contribution < 1.29 is 18.0 Å². The largest absolute Gasteiger partial charge is 0.337 e. The molecule has 1 saturated heterocycles. The molecule has 0 unspecified atom stereocenters. The third kappa shape index (κ3) is 4.80. The molecule has 2 heterocycles.